The molecule has 4 rings (SSSR count). The molecule has 0 spiro atoms. The number of carbonyl (C=O) groups excluding carboxylic acids is 1. The molecule has 6 heteroatoms. The second-order valence-corrected chi connectivity index (χ2v) is 5.63. The number of benzene rings is 2. The molecule has 1 amide bonds. The average molecular weight is 329 g/mol. The lowest BCUT2D eigenvalue weighted by Gasteiger charge is -2.10. The predicted octanol–water partition coefficient (Wildman–Crippen LogP) is 3.35. The van der Waals surface area contributed by atoms with Crippen molar-refractivity contribution < 1.29 is 4.79 Å². The van der Waals surface area contributed by atoms with Crippen molar-refractivity contribution >= 4 is 17.5 Å². The molecule has 0 unspecified atom stereocenters. The van der Waals surface area contributed by atoms with Crippen molar-refractivity contribution in [1.29, 1.82) is 0 Å². The van der Waals surface area contributed by atoms with Crippen LogP contribution in [-0.4, -0.2) is 25.5 Å². The first-order valence-electron chi connectivity index (χ1n) is 7.85. The molecule has 2 aromatic carbocycles. The Morgan fingerprint density at radius 1 is 1.04 bits per heavy atom. The van der Waals surface area contributed by atoms with Gasteiger partial charge < -0.3 is 5.32 Å². The highest BCUT2D eigenvalue weighted by Crippen LogP contribution is 2.22. The van der Waals surface area contributed by atoms with Gasteiger partial charge in [-0.25, -0.2) is 4.98 Å². The highest BCUT2D eigenvalue weighted by atomic mass is 16.1. The van der Waals surface area contributed by atoms with Crippen molar-refractivity contribution in [3.05, 3.63) is 78.1 Å². The molecule has 0 radical (unpaired) electrons. The van der Waals surface area contributed by atoms with Crippen molar-refractivity contribution in [3.63, 3.8) is 0 Å². The van der Waals surface area contributed by atoms with Gasteiger partial charge in [0, 0.05) is 17.2 Å². The zero-order valence-corrected chi connectivity index (χ0v) is 13.5. The van der Waals surface area contributed by atoms with Gasteiger partial charge >= 0.3 is 0 Å². The molecule has 4 aromatic rings. The molecular formula is C19H15N5O. The Morgan fingerprint density at radius 3 is 2.60 bits per heavy atom. The highest BCUT2D eigenvalue weighted by molar-refractivity contribution is 6.05. The first kappa shape index (κ1) is 15.0. The number of anilines is 1. The van der Waals surface area contributed by atoms with Crippen molar-refractivity contribution in [1.82, 2.24) is 19.6 Å². The molecule has 0 atom stereocenters. The number of rotatable bonds is 3. The van der Waals surface area contributed by atoms with Gasteiger partial charge in [0.15, 0.2) is 0 Å². The first-order chi connectivity index (χ1) is 12.2. The molecule has 1 N–H and O–H groups in total. The standard InChI is InChI=1S/C19H15N5O/c1-13-7-5-6-10-15(13)18(25)23-17-11-16(14-8-3-2-4-9-14)22-19-20-12-21-24(17)19/h2-12H,1H3,(H,23,25). The summed E-state index contributed by atoms with van der Waals surface area (Å²) in [5.74, 6) is 0.760. The van der Waals surface area contributed by atoms with Crippen LogP contribution in [0.25, 0.3) is 17.0 Å². The molecule has 0 aliphatic heterocycles. The molecule has 0 saturated heterocycles. The van der Waals surface area contributed by atoms with Gasteiger partial charge in [0.2, 0.25) is 0 Å². The second kappa shape index (κ2) is 6.16. The van der Waals surface area contributed by atoms with E-state index in [-0.39, 0.29) is 5.91 Å². The summed E-state index contributed by atoms with van der Waals surface area (Å²) in [4.78, 5) is 21.3. The number of aromatic nitrogens is 4. The zero-order valence-electron chi connectivity index (χ0n) is 13.5. The lowest BCUT2D eigenvalue weighted by atomic mass is 10.1. The van der Waals surface area contributed by atoms with Crippen LogP contribution in [0.4, 0.5) is 5.82 Å². The van der Waals surface area contributed by atoms with Crippen LogP contribution in [0.3, 0.4) is 0 Å². The van der Waals surface area contributed by atoms with Crippen molar-refractivity contribution in [3.8, 4) is 11.3 Å². The molecule has 2 aromatic heterocycles. The minimum atomic E-state index is -0.194. The fourth-order valence-electron chi connectivity index (χ4n) is 2.67. The highest BCUT2D eigenvalue weighted by Gasteiger charge is 2.14. The summed E-state index contributed by atoms with van der Waals surface area (Å²) in [5, 5.41) is 7.07. The molecule has 0 aliphatic carbocycles. The van der Waals surface area contributed by atoms with Gasteiger partial charge in [-0.2, -0.15) is 14.6 Å². The van der Waals surface area contributed by atoms with Crippen molar-refractivity contribution in [2.45, 2.75) is 6.92 Å². The SMILES string of the molecule is Cc1ccccc1C(=O)Nc1cc(-c2ccccc2)nc2ncnn12. The summed E-state index contributed by atoms with van der Waals surface area (Å²) >= 11 is 0. The number of nitrogens with zero attached hydrogens (tertiary/aromatic N) is 4. The van der Waals surface area contributed by atoms with Crippen LogP contribution in [-0.2, 0) is 0 Å². The number of nitrogens with one attached hydrogen (secondary N) is 1. The Labute approximate surface area is 144 Å². The Kier molecular flexibility index (Phi) is 3.70. The lowest BCUT2D eigenvalue weighted by molar-refractivity contribution is 0.102. The minimum absolute atomic E-state index is 0.194. The summed E-state index contributed by atoms with van der Waals surface area (Å²) < 4.78 is 1.52. The van der Waals surface area contributed by atoms with Crippen LogP contribution in [0.5, 0.6) is 0 Å². The van der Waals surface area contributed by atoms with Gasteiger partial charge in [-0.3, -0.25) is 4.79 Å². The summed E-state index contributed by atoms with van der Waals surface area (Å²) in [6.07, 6.45) is 1.42. The Morgan fingerprint density at radius 2 is 1.80 bits per heavy atom. The third kappa shape index (κ3) is 2.85. The van der Waals surface area contributed by atoms with Crippen molar-refractivity contribution in [2.24, 2.45) is 0 Å². The summed E-state index contributed by atoms with van der Waals surface area (Å²) in [5.41, 5.74) is 3.20. The van der Waals surface area contributed by atoms with E-state index in [1.165, 1.54) is 10.8 Å². The molecule has 0 aliphatic rings. The molecule has 0 fully saturated rings. The topological polar surface area (TPSA) is 72.2 Å². The van der Waals surface area contributed by atoms with Crippen LogP contribution < -0.4 is 5.32 Å². The van der Waals surface area contributed by atoms with Gasteiger partial charge in [0.25, 0.3) is 11.7 Å². The minimum Gasteiger partial charge on any atom is -0.306 e. The number of hydrogen-bond acceptors (Lipinski definition) is 4. The molecule has 2 heterocycles. The van der Waals surface area contributed by atoms with Crippen molar-refractivity contribution in [2.75, 3.05) is 5.32 Å². The fraction of sp³-hybridized carbons (Fsp3) is 0.0526. The second-order valence-electron chi connectivity index (χ2n) is 5.63. The summed E-state index contributed by atoms with van der Waals surface area (Å²) in [7, 11) is 0. The van der Waals surface area contributed by atoms with E-state index in [1.807, 2.05) is 55.5 Å². The normalized spacial score (nSPS) is 10.8. The van der Waals surface area contributed by atoms with E-state index >= 15 is 0 Å². The maximum Gasteiger partial charge on any atom is 0.257 e. The number of fused-ring (bicyclic) bond motifs is 1. The van der Waals surface area contributed by atoms with E-state index in [1.54, 1.807) is 12.1 Å². The lowest BCUT2D eigenvalue weighted by Crippen LogP contribution is -2.16. The quantitative estimate of drug-likeness (QED) is 0.625. The Bertz CT molecular complexity index is 1060. The summed E-state index contributed by atoms with van der Waals surface area (Å²) in [6.45, 7) is 1.90. The van der Waals surface area contributed by atoms with Gasteiger partial charge in [-0.1, -0.05) is 48.5 Å². The molecule has 0 bridgehead atoms. The van der Waals surface area contributed by atoms with Crippen LogP contribution in [0.1, 0.15) is 15.9 Å². The van der Waals surface area contributed by atoms with Crippen LogP contribution in [0.15, 0.2) is 67.0 Å². The third-order valence-corrected chi connectivity index (χ3v) is 3.95. The zero-order chi connectivity index (χ0) is 17.2. The monoisotopic (exact) mass is 329 g/mol. The van der Waals surface area contributed by atoms with Gasteiger partial charge in [-0.15, -0.1) is 0 Å². The van der Waals surface area contributed by atoms with E-state index in [0.29, 0.717) is 17.2 Å². The smallest absolute Gasteiger partial charge is 0.257 e. The fourth-order valence-corrected chi connectivity index (χ4v) is 2.67. The average Bonchev–Trinajstić information content (AvgIpc) is 3.11. The van der Waals surface area contributed by atoms with E-state index in [0.717, 1.165) is 16.8 Å². The van der Waals surface area contributed by atoms with E-state index in [2.05, 4.69) is 20.4 Å². The van der Waals surface area contributed by atoms with Gasteiger partial charge in [0.1, 0.15) is 12.1 Å². The number of hydrogen-bond donors (Lipinski definition) is 1. The molecular weight excluding hydrogens is 314 g/mol. The Hall–Kier alpha value is -3.54. The van der Waals surface area contributed by atoms with Crippen LogP contribution in [0.2, 0.25) is 0 Å². The molecule has 25 heavy (non-hydrogen) atoms. The molecule has 0 saturated carbocycles. The van der Waals surface area contributed by atoms with E-state index in [9.17, 15) is 4.79 Å². The predicted molar refractivity (Wildman–Crippen MR) is 95.4 cm³/mol. The third-order valence-electron chi connectivity index (χ3n) is 3.95. The Balaban J connectivity index is 1.77. The molecule has 122 valence electrons. The van der Waals surface area contributed by atoms with E-state index < -0.39 is 0 Å². The van der Waals surface area contributed by atoms with Gasteiger partial charge in [0.05, 0.1) is 5.69 Å². The van der Waals surface area contributed by atoms with Crippen LogP contribution >= 0.6 is 0 Å². The van der Waals surface area contributed by atoms with Gasteiger partial charge in [-0.05, 0) is 18.6 Å². The van der Waals surface area contributed by atoms with Crippen LogP contribution in [0, 0.1) is 6.92 Å². The summed E-state index contributed by atoms with van der Waals surface area (Å²) in [6, 6.07) is 19.0. The largest absolute Gasteiger partial charge is 0.306 e. The maximum absolute atomic E-state index is 12.7. The van der Waals surface area contributed by atoms with E-state index in [4.69, 9.17) is 0 Å². The number of amides is 1. The number of aryl methyl sites for hydroxylation is 1. The maximum atomic E-state index is 12.7. The first-order valence-corrected chi connectivity index (χ1v) is 7.85. The molecule has 6 nitrogen and oxygen atoms in total. The number of carbonyl (C=O) groups is 1.